The van der Waals surface area contributed by atoms with Gasteiger partial charge in [-0.15, -0.1) is 10.2 Å². The van der Waals surface area contributed by atoms with Gasteiger partial charge in [0.2, 0.25) is 0 Å². The minimum absolute atomic E-state index is 0.0803. The number of aryl methyl sites for hydroxylation is 1. The van der Waals surface area contributed by atoms with Gasteiger partial charge < -0.3 is 15.3 Å². The second-order valence-electron chi connectivity index (χ2n) is 7.75. The molecule has 1 aromatic heterocycles. The Morgan fingerprint density at radius 3 is 2.52 bits per heavy atom. The Hall–Kier alpha value is -1.31. The second-order valence-corrected chi connectivity index (χ2v) is 7.75. The number of nitrogens with one attached hydrogen (secondary N) is 1. The first kappa shape index (κ1) is 22.0. The summed E-state index contributed by atoms with van der Waals surface area (Å²) in [4.78, 5) is 0. The van der Waals surface area contributed by atoms with Gasteiger partial charge in [-0.2, -0.15) is 5.21 Å². The number of allylic oxidation sites excluding steroid dienone is 1. The smallest absolute Gasteiger partial charge is 0.174 e. The van der Waals surface area contributed by atoms with Gasteiger partial charge in [0.05, 0.1) is 12.2 Å². The van der Waals surface area contributed by atoms with Crippen molar-refractivity contribution in [2.45, 2.75) is 89.3 Å². The largest absolute Gasteiger partial charge is 0.396 e. The molecule has 0 radical (unpaired) electrons. The van der Waals surface area contributed by atoms with Crippen LogP contribution in [-0.2, 0) is 6.42 Å². The van der Waals surface area contributed by atoms with E-state index in [1.54, 1.807) is 0 Å². The molecule has 0 spiro atoms. The van der Waals surface area contributed by atoms with Crippen LogP contribution in [0.15, 0.2) is 12.2 Å². The van der Waals surface area contributed by atoms with E-state index < -0.39 is 12.2 Å². The Kier molecular flexibility index (Phi) is 10.6. The van der Waals surface area contributed by atoms with Gasteiger partial charge in [0, 0.05) is 25.4 Å². The fourth-order valence-corrected chi connectivity index (χ4v) is 4.06. The van der Waals surface area contributed by atoms with Crippen LogP contribution in [0.4, 0.5) is 0 Å². The van der Waals surface area contributed by atoms with Crippen LogP contribution in [-0.4, -0.2) is 54.8 Å². The summed E-state index contributed by atoms with van der Waals surface area (Å²) in [6.45, 7) is 0.279. The van der Waals surface area contributed by atoms with E-state index >= 15 is 0 Å². The molecular weight excluding hydrogens is 344 g/mol. The first-order valence-corrected chi connectivity index (χ1v) is 10.6. The highest BCUT2D eigenvalue weighted by Gasteiger charge is 2.39. The summed E-state index contributed by atoms with van der Waals surface area (Å²) in [6.07, 6.45) is 15.4. The van der Waals surface area contributed by atoms with E-state index in [0.717, 1.165) is 76.5 Å². The van der Waals surface area contributed by atoms with Gasteiger partial charge in [0.15, 0.2) is 5.82 Å². The monoisotopic (exact) mass is 380 g/mol. The van der Waals surface area contributed by atoms with Crippen LogP contribution >= 0.6 is 0 Å². The minimum atomic E-state index is -0.422. The van der Waals surface area contributed by atoms with Crippen molar-refractivity contribution in [3.8, 4) is 0 Å². The molecule has 0 amide bonds. The van der Waals surface area contributed by atoms with Crippen LogP contribution in [0.1, 0.15) is 76.5 Å². The van der Waals surface area contributed by atoms with Gasteiger partial charge in [-0.25, -0.2) is 0 Å². The second kappa shape index (κ2) is 13.0. The predicted molar refractivity (Wildman–Crippen MR) is 104 cm³/mol. The van der Waals surface area contributed by atoms with E-state index in [1.165, 1.54) is 0 Å². The summed E-state index contributed by atoms with van der Waals surface area (Å²) in [5, 5.41) is 43.3. The van der Waals surface area contributed by atoms with E-state index in [4.69, 9.17) is 5.11 Å². The maximum Gasteiger partial charge on any atom is 0.174 e. The highest BCUT2D eigenvalue weighted by Crippen LogP contribution is 2.37. The van der Waals surface area contributed by atoms with Crippen molar-refractivity contribution in [3.63, 3.8) is 0 Å². The topological polar surface area (TPSA) is 115 Å². The summed E-state index contributed by atoms with van der Waals surface area (Å²) in [5.41, 5.74) is 0. The van der Waals surface area contributed by atoms with Crippen LogP contribution in [0.3, 0.4) is 0 Å². The lowest BCUT2D eigenvalue weighted by Crippen LogP contribution is -2.20. The van der Waals surface area contributed by atoms with Gasteiger partial charge in [0.1, 0.15) is 0 Å². The van der Waals surface area contributed by atoms with Crippen molar-refractivity contribution in [2.24, 2.45) is 11.8 Å². The zero-order chi connectivity index (χ0) is 19.3. The zero-order valence-corrected chi connectivity index (χ0v) is 16.3. The SMILES string of the molecule is OCCCCCCC=C[C@H]1[C@H](CCCCCCc2nn[nH]n2)[C@H](O)C[C@@H]1O. The molecule has 4 atom stereocenters. The molecule has 1 aromatic rings. The van der Waals surface area contributed by atoms with Gasteiger partial charge >= 0.3 is 0 Å². The van der Waals surface area contributed by atoms with Gasteiger partial charge in [-0.1, -0.05) is 49.5 Å². The molecule has 1 aliphatic rings. The third-order valence-corrected chi connectivity index (χ3v) is 5.63. The molecule has 1 saturated carbocycles. The minimum Gasteiger partial charge on any atom is -0.396 e. The molecule has 0 aromatic carbocycles. The molecule has 154 valence electrons. The molecule has 1 aliphatic carbocycles. The van der Waals surface area contributed by atoms with E-state index in [-0.39, 0.29) is 18.4 Å². The molecule has 1 heterocycles. The summed E-state index contributed by atoms with van der Waals surface area (Å²) in [5.74, 6) is 1.02. The number of aliphatic hydroxyl groups is 3. The number of H-pyrrole nitrogens is 1. The van der Waals surface area contributed by atoms with Gasteiger partial charge in [0.25, 0.3) is 0 Å². The molecule has 4 N–H and O–H groups in total. The summed E-state index contributed by atoms with van der Waals surface area (Å²) in [6, 6.07) is 0. The number of tetrazole rings is 1. The fraction of sp³-hybridized carbons (Fsp3) is 0.850. The summed E-state index contributed by atoms with van der Waals surface area (Å²) >= 11 is 0. The summed E-state index contributed by atoms with van der Waals surface area (Å²) < 4.78 is 0. The lowest BCUT2D eigenvalue weighted by Gasteiger charge is -2.20. The fourth-order valence-electron chi connectivity index (χ4n) is 4.06. The lowest BCUT2D eigenvalue weighted by atomic mass is 9.88. The first-order valence-electron chi connectivity index (χ1n) is 10.6. The molecule has 2 rings (SSSR count). The Morgan fingerprint density at radius 1 is 0.963 bits per heavy atom. The molecule has 7 heteroatoms. The van der Waals surface area contributed by atoms with Crippen molar-refractivity contribution >= 4 is 0 Å². The number of aromatic nitrogens is 4. The number of hydrogen-bond acceptors (Lipinski definition) is 6. The van der Waals surface area contributed by atoms with Crippen molar-refractivity contribution in [3.05, 3.63) is 18.0 Å². The van der Waals surface area contributed by atoms with Crippen LogP contribution < -0.4 is 0 Å². The Balaban J connectivity index is 1.62. The number of hydrogen-bond donors (Lipinski definition) is 4. The van der Waals surface area contributed by atoms with Crippen molar-refractivity contribution in [1.29, 1.82) is 0 Å². The number of aliphatic hydroxyl groups excluding tert-OH is 3. The van der Waals surface area contributed by atoms with E-state index in [0.29, 0.717) is 6.42 Å². The third-order valence-electron chi connectivity index (χ3n) is 5.63. The molecule has 7 nitrogen and oxygen atoms in total. The summed E-state index contributed by atoms with van der Waals surface area (Å²) in [7, 11) is 0. The standard InChI is InChI=1S/C20H36N4O3/c25-14-10-6-2-1-3-7-11-16-17(19(27)15-18(16)26)12-8-4-5-9-13-20-21-23-24-22-20/h7,11,16-19,25-27H,1-6,8-10,12-15H2,(H,21,22,23,24)/t16-,17-,18-,19+/m0/s1. The van der Waals surface area contributed by atoms with E-state index in [2.05, 4.69) is 32.8 Å². The average molecular weight is 381 g/mol. The molecule has 0 aliphatic heterocycles. The number of nitrogens with zero attached hydrogens (tertiary/aromatic N) is 3. The average Bonchev–Trinajstić information content (AvgIpc) is 3.26. The van der Waals surface area contributed by atoms with E-state index in [1.807, 2.05) is 0 Å². The predicted octanol–water partition coefficient (Wildman–Crippen LogP) is 2.55. The molecule has 0 bridgehead atoms. The van der Waals surface area contributed by atoms with Crippen molar-refractivity contribution < 1.29 is 15.3 Å². The quantitative estimate of drug-likeness (QED) is 0.291. The van der Waals surface area contributed by atoms with Crippen LogP contribution in [0.5, 0.6) is 0 Å². The van der Waals surface area contributed by atoms with E-state index in [9.17, 15) is 10.2 Å². The molecule has 0 saturated heterocycles. The van der Waals surface area contributed by atoms with Crippen LogP contribution in [0, 0.1) is 11.8 Å². The Bertz CT molecular complexity index is 509. The van der Waals surface area contributed by atoms with Crippen molar-refractivity contribution in [1.82, 2.24) is 20.6 Å². The first-order chi connectivity index (χ1) is 13.2. The van der Waals surface area contributed by atoms with Crippen LogP contribution in [0.25, 0.3) is 0 Å². The van der Waals surface area contributed by atoms with Gasteiger partial charge in [-0.05, 0) is 38.0 Å². The Morgan fingerprint density at radius 2 is 1.74 bits per heavy atom. The zero-order valence-electron chi connectivity index (χ0n) is 16.3. The Labute approximate surface area is 162 Å². The number of unbranched alkanes of at least 4 members (excludes halogenated alkanes) is 7. The molecular formula is C20H36N4O3. The normalized spacial score (nSPS) is 25.6. The number of aromatic amines is 1. The maximum absolute atomic E-state index is 10.3. The van der Waals surface area contributed by atoms with Gasteiger partial charge in [-0.3, -0.25) is 0 Å². The molecule has 1 fully saturated rings. The third kappa shape index (κ3) is 8.07. The van der Waals surface area contributed by atoms with Crippen LogP contribution in [0.2, 0.25) is 0 Å². The highest BCUT2D eigenvalue weighted by atomic mass is 16.3. The number of rotatable bonds is 14. The maximum atomic E-state index is 10.3. The van der Waals surface area contributed by atoms with Crippen molar-refractivity contribution in [2.75, 3.05) is 6.61 Å². The molecule has 27 heavy (non-hydrogen) atoms. The molecule has 0 unspecified atom stereocenters. The highest BCUT2D eigenvalue weighted by molar-refractivity contribution is 5.02. The lowest BCUT2D eigenvalue weighted by molar-refractivity contribution is 0.115.